The molecule has 164 valence electrons. The van der Waals surface area contributed by atoms with Crippen LogP contribution in [-0.2, 0) is 23.1 Å². The van der Waals surface area contributed by atoms with Crippen molar-refractivity contribution in [3.63, 3.8) is 0 Å². The Labute approximate surface area is 168 Å². The first-order chi connectivity index (χ1) is 13.3. The standard InChI is InChI=1S/C18H30N3O7P/c1-20-9-10(16(24)21(18(20)27)7-5-11(19)17(25)26)15-14(23)13(22)12(28-15)6-8-29(2,3)4/h9,11-15,22-23H,2,5-8,19H2,1,3-4H3,(H,25,26)/t11?,12-,13-,14-,15+/m1/s1. The Hall–Kier alpha value is -1.71. The molecule has 0 radical (unpaired) electrons. The molecule has 10 nitrogen and oxygen atoms in total. The van der Waals surface area contributed by atoms with Gasteiger partial charge >= 0.3 is 11.7 Å². The molecule has 5 atom stereocenters. The number of aliphatic carboxylic acids is 1. The smallest absolute Gasteiger partial charge is 0.330 e. The van der Waals surface area contributed by atoms with E-state index in [1.54, 1.807) is 0 Å². The van der Waals surface area contributed by atoms with Gasteiger partial charge in [-0.25, -0.2) is 4.79 Å². The number of aromatic nitrogens is 2. The van der Waals surface area contributed by atoms with Crippen LogP contribution in [0.2, 0.25) is 0 Å². The Morgan fingerprint density at radius 2 is 1.97 bits per heavy atom. The van der Waals surface area contributed by atoms with Gasteiger partial charge in [-0.1, -0.05) is 0 Å². The molecule has 1 fully saturated rings. The molecule has 5 N–H and O–H groups in total. The number of carbonyl (C=O) groups is 1. The third kappa shape index (κ3) is 5.46. The van der Waals surface area contributed by atoms with E-state index in [0.29, 0.717) is 6.42 Å². The minimum absolute atomic E-state index is 0.0220. The number of carboxylic acids is 1. The van der Waals surface area contributed by atoms with Crippen LogP contribution in [-0.4, -0.2) is 80.6 Å². The zero-order valence-electron chi connectivity index (χ0n) is 16.9. The molecular formula is C18H30N3O7P. The van der Waals surface area contributed by atoms with Crippen LogP contribution in [0.4, 0.5) is 0 Å². The van der Waals surface area contributed by atoms with Crippen molar-refractivity contribution in [1.82, 2.24) is 9.13 Å². The van der Waals surface area contributed by atoms with Crippen LogP contribution in [0.3, 0.4) is 0 Å². The highest BCUT2D eigenvalue weighted by Gasteiger charge is 2.44. The van der Waals surface area contributed by atoms with Crippen molar-refractivity contribution < 1.29 is 24.9 Å². The van der Waals surface area contributed by atoms with Crippen molar-refractivity contribution in [2.45, 2.75) is 49.8 Å². The first-order valence-electron chi connectivity index (χ1n) is 9.31. The largest absolute Gasteiger partial charge is 0.480 e. The third-order valence-electron chi connectivity index (χ3n) is 5.03. The van der Waals surface area contributed by atoms with E-state index in [0.717, 1.165) is 15.3 Å². The first kappa shape index (κ1) is 23.6. The van der Waals surface area contributed by atoms with Crippen LogP contribution >= 0.6 is 6.89 Å². The molecule has 0 amide bonds. The fourth-order valence-electron chi connectivity index (χ4n) is 3.26. The van der Waals surface area contributed by atoms with Crippen LogP contribution in [0.1, 0.15) is 24.5 Å². The minimum Gasteiger partial charge on any atom is -0.480 e. The van der Waals surface area contributed by atoms with Crippen molar-refractivity contribution in [3.05, 3.63) is 32.6 Å². The summed E-state index contributed by atoms with van der Waals surface area (Å²) in [6.45, 7) is 2.55. The summed E-state index contributed by atoms with van der Waals surface area (Å²) in [5.41, 5.74) is 4.15. The van der Waals surface area contributed by atoms with E-state index in [1.807, 2.05) is 0 Å². The third-order valence-corrected chi connectivity index (χ3v) is 6.50. The van der Waals surface area contributed by atoms with Gasteiger partial charge in [0.15, 0.2) is 0 Å². The fraction of sp³-hybridized carbons (Fsp3) is 0.667. The number of aliphatic hydroxyl groups excluding tert-OH is 2. The van der Waals surface area contributed by atoms with E-state index in [4.69, 9.17) is 15.6 Å². The molecule has 1 aliphatic rings. The quantitative estimate of drug-likeness (QED) is 0.367. The zero-order chi connectivity index (χ0) is 22.1. The van der Waals surface area contributed by atoms with Crippen LogP contribution in [0, 0.1) is 0 Å². The summed E-state index contributed by atoms with van der Waals surface area (Å²) in [4.78, 5) is 36.1. The van der Waals surface area contributed by atoms with E-state index in [1.165, 1.54) is 13.2 Å². The van der Waals surface area contributed by atoms with Crippen LogP contribution in [0.5, 0.6) is 0 Å². The number of aryl methyl sites for hydroxylation is 1. The molecule has 2 rings (SSSR count). The van der Waals surface area contributed by atoms with Gasteiger partial charge in [0, 0.05) is 19.8 Å². The van der Waals surface area contributed by atoms with Crippen molar-refractivity contribution >= 4 is 19.2 Å². The van der Waals surface area contributed by atoms with Crippen molar-refractivity contribution in [2.75, 3.05) is 19.5 Å². The van der Waals surface area contributed by atoms with Crippen molar-refractivity contribution in [2.24, 2.45) is 12.8 Å². The van der Waals surface area contributed by atoms with E-state index >= 15 is 0 Å². The SMILES string of the molecule is C=P(C)(C)CC[C@H]1O[C@@H](c2cn(C)c(=O)n(CCC(N)C(=O)O)c2=O)[C@H](O)[C@@H]1O. The maximum atomic E-state index is 12.9. The molecule has 29 heavy (non-hydrogen) atoms. The topological polar surface area (TPSA) is 157 Å². The number of aliphatic hydroxyl groups is 2. The van der Waals surface area contributed by atoms with Crippen LogP contribution in [0.15, 0.2) is 15.8 Å². The molecule has 1 saturated heterocycles. The molecule has 1 unspecified atom stereocenters. The highest BCUT2D eigenvalue weighted by Crippen LogP contribution is 2.40. The summed E-state index contributed by atoms with van der Waals surface area (Å²) in [6, 6.07) is -1.22. The van der Waals surface area contributed by atoms with Gasteiger partial charge in [0.1, 0.15) is 24.4 Å². The van der Waals surface area contributed by atoms with Gasteiger partial charge in [-0.15, -0.1) is 13.2 Å². The number of nitrogens with zero attached hydrogens (tertiary/aromatic N) is 2. The average Bonchev–Trinajstić information content (AvgIpc) is 2.90. The second kappa shape index (κ2) is 8.97. The van der Waals surface area contributed by atoms with Crippen molar-refractivity contribution in [1.29, 1.82) is 0 Å². The van der Waals surface area contributed by atoms with Crippen molar-refractivity contribution in [3.8, 4) is 0 Å². The normalized spacial score (nSPS) is 25.9. The van der Waals surface area contributed by atoms with Gasteiger partial charge in [-0.05, 0) is 32.3 Å². The first-order valence-corrected chi connectivity index (χ1v) is 12.4. The van der Waals surface area contributed by atoms with Crippen LogP contribution < -0.4 is 17.0 Å². The Kier molecular flexibility index (Phi) is 7.29. The lowest BCUT2D eigenvalue weighted by molar-refractivity contribution is -0.138. The van der Waals surface area contributed by atoms with E-state index in [9.17, 15) is 24.6 Å². The molecule has 1 aromatic heterocycles. The predicted octanol–water partition coefficient (Wildman–Crippen LogP) is -1.39. The molecule has 0 aromatic carbocycles. The molecule has 1 aromatic rings. The number of nitrogens with two attached hydrogens (primary N) is 1. The summed E-state index contributed by atoms with van der Waals surface area (Å²) in [6.07, 6.45) is 2.27. The summed E-state index contributed by atoms with van der Waals surface area (Å²) in [7, 11) is 1.43. The monoisotopic (exact) mass is 431 g/mol. The van der Waals surface area contributed by atoms with Gasteiger partial charge in [-0.3, -0.25) is 14.2 Å². The van der Waals surface area contributed by atoms with Crippen LogP contribution in [0.25, 0.3) is 0 Å². The Bertz CT molecular complexity index is 919. The lowest BCUT2D eigenvalue weighted by Crippen LogP contribution is -2.44. The molecule has 1 aliphatic heterocycles. The lowest BCUT2D eigenvalue weighted by atomic mass is 10.0. The lowest BCUT2D eigenvalue weighted by Gasteiger charge is -2.19. The van der Waals surface area contributed by atoms with Gasteiger partial charge < -0.3 is 30.4 Å². The highest BCUT2D eigenvalue weighted by molar-refractivity contribution is 7.72. The minimum atomic E-state index is -1.36. The number of hydrogen-bond donors (Lipinski definition) is 4. The highest BCUT2D eigenvalue weighted by atomic mass is 31.2. The summed E-state index contributed by atoms with van der Waals surface area (Å²) in [5, 5.41) is 29.7. The Morgan fingerprint density at radius 3 is 2.52 bits per heavy atom. The zero-order valence-corrected chi connectivity index (χ0v) is 17.8. The van der Waals surface area contributed by atoms with Gasteiger partial charge in [0.05, 0.1) is 11.7 Å². The number of hydrogen-bond acceptors (Lipinski definition) is 7. The molecule has 11 heteroatoms. The van der Waals surface area contributed by atoms with Gasteiger partial charge in [0.25, 0.3) is 5.56 Å². The van der Waals surface area contributed by atoms with Gasteiger partial charge in [0.2, 0.25) is 0 Å². The summed E-state index contributed by atoms with van der Waals surface area (Å²) >= 11 is 0. The number of ether oxygens (including phenoxy) is 1. The Morgan fingerprint density at radius 1 is 1.34 bits per heavy atom. The maximum absolute atomic E-state index is 12.9. The van der Waals surface area contributed by atoms with E-state index in [2.05, 4.69) is 19.6 Å². The molecule has 0 spiro atoms. The average molecular weight is 431 g/mol. The van der Waals surface area contributed by atoms with Gasteiger partial charge in [-0.2, -0.15) is 0 Å². The van der Waals surface area contributed by atoms with E-state index < -0.39 is 54.6 Å². The fourth-order valence-corrected chi connectivity index (χ4v) is 4.21. The van der Waals surface area contributed by atoms with E-state index in [-0.39, 0.29) is 18.5 Å². The molecule has 0 aliphatic carbocycles. The predicted molar refractivity (Wildman–Crippen MR) is 111 cm³/mol. The second-order valence-electron chi connectivity index (χ2n) is 8.19. The number of carboxylic acid groups (broad SMARTS) is 1. The second-order valence-corrected chi connectivity index (χ2v) is 12.5. The molecule has 0 saturated carbocycles. The summed E-state index contributed by atoms with van der Waals surface area (Å²) in [5.74, 6) is -1.23. The summed E-state index contributed by atoms with van der Waals surface area (Å²) < 4.78 is 7.83. The maximum Gasteiger partial charge on any atom is 0.330 e. The Balaban J connectivity index is 2.32. The number of rotatable bonds is 8. The molecule has 0 bridgehead atoms. The molecular weight excluding hydrogens is 401 g/mol. The molecule has 2 heterocycles.